The predicted molar refractivity (Wildman–Crippen MR) is 218 cm³/mol. The van der Waals surface area contributed by atoms with Crippen molar-refractivity contribution in [1.82, 2.24) is 35.5 Å². The third kappa shape index (κ3) is 8.15. The molecule has 0 aliphatic carbocycles. The van der Waals surface area contributed by atoms with Gasteiger partial charge in [0.25, 0.3) is 5.88 Å². The number of hydrogen-bond acceptors (Lipinski definition) is 13. The third-order valence-corrected chi connectivity index (χ3v) is 13.1. The zero-order valence-corrected chi connectivity index (χ0v) is 33.8. The van der Waals surface area contributed by atoms with Crippen LogP contribution in [0.3, 0.4) is 0 Å². The van der Waals surface area contributed by atoms with Crippen LogP contribution in [0.25, 0.3) is 31.9 Å². The highest BCUT2D eigenvalue weighted by molar-refractivity contribution is 7.18. The van der Waals surface area contributed by atoms with Crippen LogP contribution in [0.4, 0.5) is 0 Å². The van der Waals surface area contributed by atoms with Gasteiger partial charge in [-0.3, -0.25) is 14.5 Å². The fraction of sp³-hybridized carbons (Fsp3) is 0.381. The fourth-order valence-corrected chi connectivity index (χ4v) is 9.56. The van der Waals surface area contributed by atoms with Gasteiger partial charge in [0, 0.05) is 60.4 Å². The average molecular weight is 808 g/mol. The predicted octanol–water partition coefficient (Wildman–Crippen LogP) is 6.54. The van der Waals surface area contributed by atoms with Crippen molar-refractivity contribution >= 4 is 44.7 Å². The van der Waals surface area contributed by atoms with Gasteiger partial charge in [0.1, 0.15) is 29.1 Å². The number of aromatic nitrogens is 4. The van der Waals surface area contributed by atoms with Gasteiger partial charge in [-0.15, -0.1) is 32.9 Å². The Morgan fingerprint density at radius 1 is 1.04 bits per heavy atom. The number of carbonyl (C=O) groups is 2. The first-order valence-electron chi connectivity index (χ1n) is 19.2. The van der Waals surface area contributed by atoms with Crippen molar-refractivity contribution in [3.63, 3.8) is 0 Å². The number of aliphatic hydroxyl groups is 1. The number of ether oxygens (including phenoxy) is 1. The Morgan fingerprint density at radius 2 is 1.82 bits per heavy atom. The topological polar surface area (TPSA) is 167 Å². The lowest BCUT2D eigenvalue weighted by molar-refractivity contribution is -0.141. The third-order valence-electron chi connectivity index (χ3n) is 10.9. The Hall–Kier alpha value is -5.22. The van der Waals surface area contributed by atoms with Gasteiger partial charge in [0.2, 0.25) is 11.8 Å². The van der Waals surface area contributed by atoms with Gasteiger partial charge in [-0.25, -0.2) is 4.98 Å². The molecule has 0 saturated carbocycles. The molecule has 1 unspecified atom stereocenters. The number of likely N-dealkylation sites (tertiary alicyclic amines) is 2. The minimum absolute atomic E-state index is 0.0555. The van der Waals surface area contributed by atoms with Gasteiger partial charge in [-0.1, -0.05) is 50.2 Å². The summed E-state index contributed by atoms with van der Waals surface area (Å²) in [5.74, 6) is -0.276. The lowest BCUT2D eigenvalue weighted by Gasteiger charge is -2.38. The maximum Gasteiger partial charge on any atom is 0.254 e. The van der Waals surface area contributed by atoms with E-state index in [-0.39, 0.29) is 42.5 Å². The number of phenolic OH excluding ortho intramolecular Hbond substituents is 1. The van der Waals surface area contributed by atoms with Crippen molar-refractivity contribution in [3.8, 4) is 33.3 Å². The number of nitrogens with one attached hydrogen (secondary N) is 1. The van der Waals surface area contributed by atoms with Gasteiger partial charge >= 0.3 is 0 Å². The summed E-state index contributed by atoms with van der Waals surface area (Å²) in [4.78, 5) is 39.1. The summed E-state index contributed by atoms with van der Waals surface area (Å²) >= 11 is 3.24. The van der Waals surface area contributed by atoms with E-state index in [0.717, 1.165) is 45.0 Å². The second-order valence-corrected chi connectivity index (χ2v) is 17.2. The summed E-state index contributed by atoms with van der Waals surface area (Å²) in [6.45, 7) is 10.7. The summed E-state index contributed by atoms with van der Waals surface area (Å²) in [5, 5.41) is 37.8. The van der Waals surface area contributed by atoms with Crippen molar-refractivity contribution < 1.29 is 29.1 Å². The minimum Gasteiger partial charge on any atom is -0.507 e. The van der Waals surface area contributed by atoms with Gasteiger partial charge in [-0.2, -0.15) is 0 Å². The summed E-state index contributed by atoms with van der Waals surface area (Å²) < 4.78 is 11.6. The molecule has 4 aromatic heterocycles. The maximum absolute atomic E-state index is 14.1. The monoisotopic (exact) mass is 807 g/mol. The van der Waals surface area contributed by atoms with E-state index in [4.69, 9.17) is 9.26 Å². The van der Waals surface area contributed by atoms with Crippen LogP contribution >= 0.6 is 22.7 Å². The molecule has 2 saturated heterocycles. The fourth-order valence-electron chi connectivity index (χ4n) is 7.71. The molecule has 296 valence electrons. The number of nitrogens with zero attached hydrogens (tertiary/aromatic N) is 6. The van der Waals surface area contributed by atoms with Gasteiger partial charge < -0.3 is 29.7 Å². The molecule has 6 heterocycles. The van der Waals surface area contributed by atoms with E-state index in [0.29, 0.717) is 42.0 Å². The highest BCUT2D eigenvalue weighted by Gasteiger charge is 2.43. The Balaban J connectivity index is 0.838. The van der Waals surface area contributed by atoms with Gasteiger partial charge in [-0.05, 0) is 60.3 Å². The number of benzene rings is 2. The van der Waals surface area contributed by atoms with Crippen LogP contribution < -0.4 is 10.1 Å². The number of β-amino-alcohol motifs (C(OH)–C–C–N with tert-alkyl or cyclic N) is 1. The molecule has 4 atom stereocenters. The van der Waals surface area contributed by atoms with Gasteiger partial charge in [0.05, 0.1) is 33.9 Å². The van der Waals surface area contributed by atoms with E-state index in [1.807, 2.05) is 75.7 Å². The SMILES string of the molecule is Cc1ncsc1-c1ccc([C@H](C)NC(=O)[C@@H]2C[C@@H](O)CN2C(=O)C(c2cc(OCCN3CC(c4cc5cc(-c6ccccc6O)nnc5s4)C3)no2)C(C)C)cc1. The number of aryl methyl sites for hydroxylation is 1. The lowest BCUT2D eigenvalue weighted by Crippen LogP contribution is -2.48. The van der Waals surface area contributed by atoms with Crippen molar-refractivity contribution in [3.05, 3.63) is 94.1 Å². The van der Waals surface area contributed by atoms with E-state index in [2.05, 4.69) is 36.6 Å². The number of aliphatic hydroxyl groups excluding tert-OH is 1. The zero-order chi connectivity index (χ0) is 39.8. The van der Waals surface area contributed by atoms with E-state index < -0.39 is 18.1 Å². The number of amides is 2. The first kappa shape index (κ1) is 38.6. The molecule has 3 N–H and O–H groups in total. The minimum atomic E-state index is -0.823. The Kier molecular flexibility index (Phi) is 11.1. The number of para-hydroxylation sites is 1. The number of fused-ring (bicyclic) bond motifs is 1. The summed E-state index contributed by atoms with van der Waals surface area (Å²) in [6, 6.07) is 19.8. The standard InChI is InChI=1S/C42H45N7O6S2/c1-23(2)38(42(53)49-21-30(50)17-33(49)40(52)44-24(3)26-9-11-27(12-10-26)39-25(4)43-22-56-39)35-18-37(47-55-35)54-14-13-48-19-29(20-48)36-16-28-15-32(45-46-41(28)57-36)31-7-5-6-8-34(31)51/h5-12,15-16,18,22-24,29-30,33,38,50-51H,13-14,17,19-21H2,1-4H3,(H,44,52)/t24-,30+,33-,38?/m0/s1. The van der Waals surface area contributed by atoms with Crippen LogP contribution in [0.5, 0.6) is 11.6 Å². The first-order chi connectivity index (χ1) is 27.5. The Bertz CT molecular complexity index is 2370. The summed E-state index contributed by atoms with van der Waals surface area (Å²) in [7, 11) is 0. The number of hydrogen-bond donors (Lipinski definition) is 3. The molecule has 15 heteroatoms. The number of phenols is 1. The molecule has 8 rings (SSSR count). The van der Waals surface area contributed by atoms with E-state index in [1.165, 1.54) is 9.78 Å². The summed E-state index contributed by atoms with van der Waals surface area (Å²) in [6.07, 6.45) is -0.668. The van der Waals surface area contributed by atoms with E-state index in [1.54, 1.807) is 40.9 Å². The lowest BCUT2D eigenvalue weighted by atomic mass is 9.91. The van der Waals surface area contributed by atoms with Crippen molar-refractivity contribution in [2.45, 2.75) is 64.1 Å². The molecule has 0 spiro atoms. The highest BCUT2D eigenvalue weighted by Crippen LogP contribution is 2.37. The normalized spacial score (nSPS) is 18.5. The molecule has 57 heavy (non-hydrogen) atoms. The quantitative estimate of drug-likeness (QED) is 0.116. The number of aromatic hydroxyl groups is 1. The van der Waals surface area contributed by atoms with E-state index >= 15 is 0 Å². The second kappa shape index (κ2) is 16.3. The van der Waals surface area contributed by atoms with E-state index in [9.17, 15) is 19.8 Å². The molecule has 6 aromatic rings. The smallest absolute Gasteiger partial charge is 0.254 e. The van der Waals surface area contributed by atoms with Crippen LogP contribution in [-0.2, 0) is 9.59 Å². The molecular weight excluding hydrogens is 763 g/mol. The van der Waals surface area contributed by atoms with Crippen molar-refractivity contribution in [2.75, 3.05) is 32.8 Å². The van der Waals surface area contributed by atoms with Crippen LogP contribution in [0.15, 0.2) is 76.8 Å². The molecule has 0 radical (unpaired) electrons. The number of thiophene rings is 1. The average Bonchev–Trinajstić information content (AvgIpc) is 3.99. The maximum atomic E-state index is 14.1. The molecular formula is C42H45N7O6S2. The van der Waals surface area contributed by atoms with Crippen LogP contribution in [0.2, 0.25) is 0 Å². The van der Waals surface area contributed by atoms with Crippen LogP contribution in [0.1, 0.15) is 67.0 Å². The van der Waals surface area contributed by atoms with Gasteiger partial charge in [0.15, 0.2) is 5.76 Å². The molecule has 13 nitrogen and oxygen atoms in total. The highest BCUT2D eigenvalue weighted by atomic mass is 32.1. The number of rotatable bonds is 13. The van der Waals surface area contributed by atoms with Crippen molar-refractivity contribution in [2.24, 2.45) is 5.92 Å². The molecule has 2 amide bonds. The molecule has 2 aliphatic heterocycles. The largest absolute Gasteiger partial charge is 0.507 e. The Morgan fingerprint density at radius 3 is 2.56 bits per heavy atom. The molecule has 2 fully saturated rings. The molecule has 2 aliphatic rings. The molecule has 0 bridgehead atoms. The number of carbonyl (C=O) groups excluding carboxylic acids is 2. The van der Waals surface area contributed by atoms with Crippen molar-refractivity contribution in [1.29, 1.82) is 0 Å². The van der Waals surface area contributed by atoms with Crippen LogP contribution in [0, 0.1) is 12.8 Å². The van der Waals surface area contributed by atoms with Crippen LogP contribution in [-0.4, -0.2) is 97.1 Å². The first-order valence-corrected chi connectivity index (χ1v) is 20.9. The number of thiazole rings is 1. The summed E-state index contributed by atoms with van der Waals surface area (Å²) in [5.41, 5.74) is 6.11. The molecule has 2 aromatic carbocycles. The Labute approximate surface area is 338 Å². The second-order valence-electron chi connectivity index (χ2n) is 15.3. The zero-order valence-electron chi connectivity index (χ0n) is 32.2.